The highest BCUT2D eigenvalue weighted by Crippen LogP contribution is 2.46. The van der Waals surface area contributed by atoms with Crippen LogP contribution in [0.4, 0.5) is 54.6 Å². The largest absolute Gasteiger partial charge is 0.469 e. The molecule has 4 heterocycles. The first-order valence-electron chi connectivity index (χ1n) is 29.4. The van der Waals surface area contributed by atoms with Gasteiger partial charge in [-0.2, -0.15) is 40.2 Å². The first-order chi connectivity index (χ1) is 42.3. The molecule has 2 bridgehead atoms. The van der Waals surface area contributed by atoms with Gasteiger partial charge in [0.15, 0.2) is 5.78 Å². The number of fused-ring (bicyclic) bond motifs is 2. The second-order valence-electron chi connectivity index (χ2n) is 24.1. The number of nitrogens with two attached hydrogens (primary N) is 2. The quantitative estimate of drug-likeness (QED) is 0.0109. The molecular weight excluding hydrogens is 1200 g/mol. The number of hydrazine groups is 1. The Bertz CT molecular complexity index is 3170. The number of carbonyl (C=O) groups is 5. The molecule has 7 atom stereocenters. The van der Waals surface area contributed by atoms with E-state index in [9.17, 15) is 59.1 Å². The van der Waals surface area contributed by atoms with Gasteiger partial charge in [0, 0.05) is 85.4 Å². The van der Waals surface area contributed by atoms with Crippen molar-refractivity contribution in [2.24, 2.45) is 34.1 Å². The fourth-order valence-corrected chi connectivity index (χ4v) is 11.4. The number of esters is 2. The molecule has 7 rings (SSSR count). The molecule has 2 aliphatic heterocycles. The van der Waals surface area contributed by atoms with Crippen LogP contribution in [0, 0.1) is 46.1 Å². The van der Waals surface area contributed by atoms with Crippen LogP contribution < -0.4 is 27.1 Å². The fourth-order valence-electron chi connectivity index (χ4n) is 11.4. The predicted octanol–water partition coefficient (Wildman–Crippen LogP) is 8.72. The number of rotatable bonds is 27. The lowest BCUT2D eigenvalue weighted by molar-refractivity contribution is -0.231. The van der Waals surface area contributed by atoms with Gasteiger partial charge < -0.3 is 35.9 Å². The second-order valence-corrected chi connectivity index (χ2v) is 24.1. The van der Waals surface area contributed by atoms with Crippen molar-refractivity contribution in [1.82, 2.24) is 40.4 Å². The average molecular weight is 1280 g/mol. The maximum Gasteiger partial charge on any atom is 0.407 e. The van der Waals surface area contributed by atoms with Gasteiger partial charge in [0.2, 0.25) is 11.9 Å². The van der Waals surface area contributed by atoms with Crippen LogP contribution in [0.3, 0.4) is 0 Å². The number of ketones is 1. The standard InChI is InChI=1S/C61H75F10N11O8/c1-58(2,60(66,67)68)44(28-51(84)88-5)53(85)78-80(33-43-45(62)25-38(26-46(43)63)48-21-23-81(77-48)55(64)65)34-50(90-54(86)47(73)12-7-8-22-72)39(27-49(83)52(76-57(87)89-6)59(3,4)61(69,70)71)24-36-16-13-35(14-17-36)15-18-37-29-74-56(75-30-37)79-31-41-19-20-42(32-79)82(41)40-10-9-11-40/h13-14,16-17,21,23,25-26,29-30,39-42,44,47,50,52,55H,7-12,19-20,22,24,27-28,31-34,72-73H2,1-6H3,(H,76,87)(H,78,85)/t39-,41?,42?,44-,47+,50+,52-/m1/s1. The number of nitrogens with zero attached hydrogens (tertiary/aromatic N) is 7. The van der Waals surface area contributed by atoms with Crippen LogP contribution >= 0.6 is 0 Å². The van der Waals surface area contributed by atoms with Crippen LogP contribution in [-0.2, 0) is 46.4 Å². The number of nitrogens with one attached hydrogen (secondary N) is 2. The Morgan fingerprint density at radius 3 is 1.94 bits per heavy atom. The summed E-state index contributed by atoms with van der Waals surface area (Å²) in [7, 11) is 1.68. The minimum atomic E-state index is -5.22. The highest BCUT2D eigenvalue weighted by molar-refractivity contribution is 5.89. The van der Waals surface area contributed by atoms with Crippen LogP contribution in [0.1, 0.15) is 121 Å². The van der Waals surface area contributed by atoms with Gasteiger partial charge in [-0.05, 0) is 101 Å². The number of amides is 2. The van der Waals surface area contributed by atoms with Crippen molar-refractivity contribution in [2.45, 2.75) is 160 Å². The minimum absolute atomic E-state index is 0.0744. The Balaban J connectivity index is 1.29. The molecule has 29 heteroatoms. The average Bonchev–Trinajstić information content (AvgIpc) is 1.49. The minimum Gasteiger partial charge on any atom is -0.469 e. The molecule has 3 fully saturated rings. The lowest BCUT2D eigenvalue weighted by Gasteiger charge is -2.48. The number of anilines is 1. The van der Waals surface area contributed by atoms with Gasteiger partial charge in [0.25, 0.3) is 0 Å². The van der Waals surface area contributed by atoms with Crippen molar-refractivity contribution in [3.05, 3.63) is 94.9 Å². The molecule has 2 aromatic heterocycles. The summed E-state index contributed by atoms with van der Waals surface area (Å²) in [5, 5.41) is 6.19. The topological polar surface area (TPSA) is 242 Å². The molecule has 4 aromatic rings. The van der Waals surface area contributed by atoms with Crippen LogP contribution in [0.5, 0.6) is 0 Å². The predicted molar refractivity (Wildman–Crippen MR) is 307 cm³/mol. The monoisotopic (exact) mass is 1280 g/mol. The van der Waals surface area contributed by atoms with Crippen LogP contribution in [0.25, 0.3) is 11.3 Å². The third-order valence-electron chi connectivity index (χ3n) is 17.3. The molecule has 2 aromatic carbocycles. The molecular formula is C61H75F10N11O8. The maximum absolute atomic E-state index is 16.5. The SMILES string of the molecule is COC(=O)C[C@H](C(=O)NN(Cc1c(F)cc(-c2ccn(C(F)F)n2)cc1F)C[C@H](OC(=O)[C@@H](N)CCCCN)[C@@H](CC(=O)[C@@H](NC(=O)OC)C(C)(C)C(F)(F)F)Cc1ccc(C#Cc2cnc(N3CC4CCC(C3)N4C3CCC3)nc2)cc1)C(C)(C)C(F)(F)F. The van der Waals surface area contributed by atoms with E-state index in [-0.39, 0.29) is 35.3 Å². The highest BCUT2D eigenvalue weighted by atomic mass is 19.4. The Morgan fingerprint density at radius 1 is 0.800 bits per heavy atom. The van der Waals surface area contributed by atoms with Gasteiger partial charge in [-0.25, -0.2) is 33.2 Å². The summed E-state index contributed by atoms with van der Waals surface area (Å²) in [5.74, 6) is -5.64. The number of halogens is 10. The van der Waals surface area contributed by atoms with Crippen molar-refractivity contribution < 1.29 is 82.1 Å². The number of carbonyl (C=O) groups excluding carboxylic acids is 5. The van der Waals surface area contributed by atoms with Crippen molar-refractivity contribution in [1.29, 1.82) is 0 Å². The molecule has 3 aliphatic rings. The van der Waals surface area contributed by atoms with Crippen molar-refractivity contribution >= 4 is 35.7 Å². The molecule has 1 saturated carbocycles. The van der Waals surface area contributed by atoms with E-state index in [0.717, 1.165) is 52.4 Å². The zero-order valence-corrected chi connectivity index (χ0v) is 50.6. The van der Waals surface area contributed by atoms with Gasteiger partial charge in [-0.1, -0.05) is 50.7 Å². The van der Waals surface area contributed by atoms with E-state index >= 15 is 8.78 Å². The Kier molecular flexibility index (Phi) is 23.1. The zero-order valence-electron chi connectivity index (χ0n) is 50.6. The second kappa shape index (κ2) is 29.7. The van der Waals surface area contributed by atoms with Crippen molar-refractivity contribution in [3.63, 3.8) is 0 Å². The van der Waals surface area contributed by atoms with Crippen LogP contribution in [-0.4, -0.2) is 148 Å². The smallest absolute Gasteiger partial charge is 0.407 e. The third kappa shape index (κ3) is 17.1. The van der Waals surface area contributed by atoms with Crippen molar-refractivity contribution in [3.8, 4) is 23.1 Å². The molecule has 90 heavy (non-hydrogen) atoms. The van der Waals surface area contributed by atoms with Gasteiger partial charge in [0.05, 0.1) is 55.2 Å². The number of Topliss-reactive ketones (excluding diaryl/α,β-unsaturated/α-hetero) is 1. The number of hydrogen-bond donors (Lipinski definition) is 4. The summed E-state index contributed by atoms with van der Waals surface area (Å²) in [5.41, 5.74) is 7.63. The highest BCUT2D eigenvalue weighted by Gasteiger charge is 2.57. The summed E-state index contributed by atoms with van der Waals surface area (Å²) < 4.78 is 165. The Morgan fingerprint density at radius 2 is 1.41 bits per heavy atom. The van der Waals surface area contributed by atoms with Gasteiger partial charge in [-0.3, -0.25) is 29.5 Å². The van der Waals surface area contributed by atoms with Gasteiger partial charge in [0.1, 0.15) is 29.8 Å². The van der Waals surface area contributed by atoms with E-state index in [1.807, 2.05) is 5.32 Å². The number of methoxy groups -OCH3 is 2. The number of unbranched alkanes of at least 4 members (excludes halogenated alkanes) is 1. The summed E-state index contributed by atoms with van der Waals surface area (Å²) in [6.45, 7) is -1.11. The van der Waals surface area contributed by atoms with E-state index in [4.69, 9.17) is 16.2 Å². The summed E-state index contributed by atoms with van der Waals surface area (Å²) in [6.07, 6.45) is -5.97. The van der Waals surface area contributed by atoms with E-state index in [0.29, 0.717) is 92.0 Å². The normalized spacial score (nSPS) is 18.2. The number of benzene rings is 2. The Hall–Kier alpha value is -7.42. The lowest BCUT2D eigenvalue weighted by atomic mass is 9.75. The number of hydrogen-bond acceptors (Lipinski definition) is 16. The van der Waals surface area contributed by atoms with E-state index in [1.54, 1.807) is 24.5 Å². The molecule has 19 nitrogen and oxygen atoms in total. The third-order valence-corrected chi connectivity index (χ3v) is 17.3. The maximum atomic E-state index is 16.5. The summed E-state index contributed by atoms with van der Waals surface area (Å²) in [6, 6.07) is 6.14. The first-order valence-corrected chi connectivity index (χ1v) is 29.4. The number of alkyl halides is 8. The molecule has 2 saturated heterocycles. The number of alkyl carbamates (subject to hydrolysis) is 1. The molecule has 0 radical (unpaired) electrons. The van der Waals surface area contributed by atoms with Gasteiger partial charge in [-0.15, -0.1) is 0 Å². The molecule has 1 aliphatic carbocycles. The van der Waals surface area contributed by atoms with Gasteiger partial charge >= 0.3 is 36.9 Å². The molecule has 0 spiro atoms. The molecule has 2 unspecified atom stereocenters. The van der Waals surface area contributed by atoms with E-state index < -0.39 is 139 Å². The summed E-state index contributed by atoms with van der Waals surface area (Å²) in [4.78, 5) is 83.0. The van der Waals surface area contributed by atoms with E-state index in [2.05, 4.69) is 51.6 Å². The molecule has 492 valence electrons. The molecule has 2 amide bonds. The number of piperazine rings is 1. The van der Waals surface area contributed by atoms with E-state index in [1.165, 1.54) is 31.4 Å². The zero-order chi connectivity index (χ0) is 66.0. The summed E-state index contributed by atoms with van der Waals surface area (Å²) >= 11 is 0. The van der Waals surface area contributed by atoms with Crippen molar-refractivity contribution in [2.75, 3.05) is 45.3 Å². The molecule has 6 N–H and O–H groups in total. The van der Waals surface area contributed by atoms with Crippen LogP contribution in [0.2, 0.25) is 0 Å². The number of ether oxygens (including phenoxy) is 3. The fraction of sp³-hybridized carbons (Fsp3) is 0.574. The first kappa shape index (κ1) is 70.0. The Labute approximate surface area is 514 Å². The van der Waals surface area contributed by atoms with Crippen LogP contribution in [0.15, 0.2) is 61.1 Å². The number of aromatic nitrogens is 4. The lowest BCUT2D eigenvalue weighted by Crippen LogP contribution is -2.59.